The number of fused-ring (bicyclic) bond motifs is 1. The maximum atomic E-state index is 12.6. The molecule has 0 atom stereocenters. The van der Waals surface area contributed by atoms with Gasteiger partial charge in [-0.2, -0.15) is 4.98 Å². The number of oxazole rings is 1. The fourth-order valence-electron chi connectivity index (χ4n) is 3.39. The van der Waals surface area contributed by atoms with Crippen LogP contribution in [-0.2, 0) is 0 Å². The molecule has 4 aromatic rings. The van der Waals surface area contributed by atoms with Gasteiger partial charge >= 0.3 is 0 Å². The van der Waals surface area contributed by atoms with Crippen LogP contribution in [0.4, 0.5) is 17.4 Å². The second-order valence-electron chi connectivity index (χ2n) is 7.29. The van der Waals surface area contributed by atoms with E-state index in [2.05, 4.69) is 10.3 Å². The lowest BCUT2D eigenvalue weighted by Crippen LogP contribution is -1.97. The largest absolute Gasteiger partial charge is 0.493 e. The van der Waals surface area contributed by atoms with Crippen molar-refractivity contribution in [2.75, 3.05) is 26.6 Å². The number of nitrogens with zero attached hydrogens (tertiary/aromatic N) is 2. The van der Waals surface area contributed by atoms with Crippen LogP contribution < -0.4 is 19.5 Å². The van der Waals surface area contributed by atoms with Gasteiger partial charge in [0.2, 0.25) is 5.75 Å². The fraction of sp³-hybridized carbons (Fsp3) is 0.120. The van der Waals surface area contributed by atoms with E-state index in [1.54, 1.807) is 42.5 Å². The first-order valence-electron chi connectivity index (χ1n) is 10.4. The van der Waals surface area contributed by atoms with Crippen LogP contribution in [0.2, 0.25) is 0 Å². The molecule has 1 aromatic heterocycles. The van der Waals surface area contributed by atoms with Gasteiger partial charge in [-0.15, -0.1) is 0 Å². The Kier molecular flexibility index (Phi) is 6.63. The normalized spacial score (nSPS) is 10.9. The highest BCUT2D eigenvalue weighted by atomic mass is 16.6. The molecule has 0 radical (unpaired) electrons. The summed E-state index contributed by atoms with van der Waals surface area (Å²) in [5.74, 6) is 1.25. The minimum Gasteiger partial charge on any atom is -0.493 e. The molecule has 0 amide bonds. The number of methoxy groups -OCH3 is 3. The van der Waals surface area contributed by atoms with Gasteiger partial charge in [-0.1, -0.05) is 6.08 Å². The Morgan fingerprint density at radius 3 is 2.29 bits per heavy atom. The van der Waals surface area contributed by atoms with Crippen molar-refractivity contribution in [3.63, 3.8) is 0 Å². The molecule has 0 aliphatic carbocycles. The van der Waals surface area contributed by atoms with Crippen molar-refractivity contribution in [1.82, 2.24) is 4.98 Å². The third-order valence-electron chi connectivity index (χ3n) is 5.12. The minimum atomic E-state index is -0.493. The molecular weight excluding hydrogens is 454 g/mol. The number of nitro benzene ring substituents is 1. The third kappa shape index (κ3) is 5.06. The molecule has 0 bridgehead atoms. The number of carbonyl (C=O) groups excluding carboxylic acids is 1. The lowest BCUT2D eigenvalue weighted by molar-refractivity contribution is -0.384. The Bertz CT molecular complexity index is 1400. The topological polar surface area (TPSA) is 126 Å². The molecule has 35 heavy (non-hydrogen) atoms. The number of allylic oxidation sites excluding steroid dienone is 1. The van der Waals surface area contributed by atoms with Crippen LogP contribution in [0.15, 0.2) is 65.1 Å². The summed E-state index contributed by atoms with van der Waals surface area (Å²) >= 11 is 0. The molecule has 0 saturated heterocycles. The maximum Gasteiger partial charge on any atom is 0.300 e. The lowest BCUT2D eigenvalue weighted by atomic mass is 10.1. The molecule has 0 aliphatic rings. The molecular formula is C25H21N3O7. The highest BCUT2D eigenvalue weighted by Crippen LogP contribution is 2.38. The van der Waals surface area contributed by atoms with Crippen LogP contribution in [0.1, 0.15) is 15.9 Å². The van der Waals surface area contributed by atoms with Crippen LogP contribution in [0.5, 0.6) is 17.2 Å². The molecule has 178 valence electrons. The molecule has 4 rings (SSSR count). The van der Waals surface area contributed by atoms with Gasteiger partial charge in [-0.25, -0.2) is 0 Å². The molecule has 10 nitrogen and oxygen atoms in total. The van der Waals surface area contributed by atoms with E-state index >= 15 is 0 Å². The number of aromatic nitrogens is 1. The number of ether oxygens (including phenoxy) is 3. The Morgan fingerprint density at radius 1 is 1.00 bits per heavy atom. The van der Waals surface area contributed by atoms with Crippen LogP contribution in [0, 0.1) is 10.1 Å². The van der Waals surface area contributed by atoms with Crippen molar-refractivity contribution in [3.8, 4) is 17.2 Å². The summed E-state index contributed by atoms with van der Waals surface area (Å²) in [6.45, 7) is 0. The van der Waals surface area contributed by atoms with Crippen LogP contribution >= 0.6 is 0 Å². The van der Waals surface area contributed by atoms with Gasteiger partial charge in [0.1, 0.15) is 5.52 Å². The Morgan fingerprint density at radius 2 is 1.69 bits per heavy atom. The van der Waals surface area contributed by atoms with Crippen molar-refractivity contribution >= 4 is 40.3 Å². The average Bonchev–Trinajstić information content (AvgIpc) is 3.28. The van der Waals surface area contributed by atoms with Crippen LogP contribution in [0.25, 0.3) is 17.2 Å². The first-order chi connectivity index (χ1) is 16.9. The summed E-state index contributed by atoms with van der Waals surface area (Å²) in [5, 5.41) is 13.9. The first-order valence-corrected chi connectivity index (χ1v) is 10.4. The third-order valence-corrected chi connectivity index (χ3v) is 5.12. The summed E-state index contributed by atoms with van der Waals surface area (Å²) in [5.41, 5.74) is 2.54. The summed E-state index contributed by atoms with van der Waals surface area (Å²) in [6.07, 6.45) is 3.12. The maximum absolute atomic E-state index is 12.6. The predicted molar refractivity (Wildman–Crippen MR) is 130 cm³/mol. The molecule has 10 heteroatoms. The van der Waals surface area contributed by atoms with Crippen molar-refractivity contribution in [1.29, 1.82) is 0 Å². The second-order valence-corrected chi connectivity index (χ2v) is 7.29. The number of nitro groups is 1. The molecule has 1 heterocycles. The zero-order chi connectivity index (χ0) is 24.9. The van der Waals surface area contributed by atoms with Crippen molar-refractivity contribution < 1.29 is 28.3 Å². The van der Waals surface area contributed by atoms with E-state index in [9.17, 15) is 14.9 Å². The van der Waals surface area contributed by atoms with Crippen molar-refractivity contribution in [3.05, 3.63) is 81.9 Å². The predicted octanol–water partition coefficient (Wildman–Crippen LogP) is 5.40. The minimum absolute atomic E-state index is 0.0696. The zero-order valence-corrected chi connectivity index (χ0v) is 19.1. The zero-order valence-electron chi connectivity index (χ0n) is 19.1. The van der Waals surface area contributed by atoms with E-state index in [1.807, 2.05) is 0 Å². The standard InChI is InChI=1S/C25H21N3O7/c1-32-22-12-15(13-23(33-2)24(22)34-3)4-10-20(29)16-5-7-17(8-6-16)26-25-27-19-14-18(28(30)31)9-11-21(19)35-25/h4-14H,1-3H3,(H,26,27)/b10-4+. The Labute approximate surface area is 199 Å². The summed E-state index contributed by atoms with van der Waals surface area (Å²) < 4.78 is 21.6. The highest BCUT2D eigenvalue weighted by molar-refractivity contribution is 6.07. The number of hydrogen-bond acceptors (Lipinski definition) is 9. The fourth-order valence-corrected chi connectivity index (χ4v) is 3.39. The summed E-state index contributed by atoms with van der Waals surface area (Å²) in [6, 6.07) is 14.6. The quantitative estimate of drug-likeness (QED) is 0.146. The van der Waals surface area contributed by atoms with Crippen molar-refractivity contribution in [2.45, 2.75) is 0 Å². The first kappa shape index (κ1) is 23.3. The number of carbonyl (C=O) groups is 1. The lowest BCUT2D eigenvalue weighted by Gasteiger charge is -2.12. The van der Waals surface area contributed by atoms with Gasteiger partial charge in [0.05, 0.1) is 26.3 Å². The van der Waals surface area contributed by atoms with Gasteiger partial charge in [-0.05, 0) is 54.1 Å². The van der Waals surface area contributed by atoms with Gasteiger partial charge in [0.15, 0.2) is 22.9 Å². The van der Waals surface area contributed by atoms with Gasteiger partial charge in [-0.3, -0.25) is 14.9 Å². The number of rotatable bonds is 9. The van der Waals surface area contributed by atoms with Gasteiger partial charge in [0, 0.05) is 23.4 Å². The SMILES string of the molecule is COc1cc(/C=C/C(=O)c2ccc(Nc3nc4cc([N+](=O)[O-])ccc4o3)cc2)cc(OC)c1OC. The number of hydrogen-bond donors (Lipinski definition) is 1. The van der Waals surface area contributed by atoms with E-state index in [0.29, 0.717) is 45.2 Å². The Balaban J connectivity index is 1.47. The number of non-ortho nitro benzene ring substituents is 1. The molecule has 0 unspecified atom stereocenters. The van der Waals surface area contributed by atoms with Gasteiger partial charge < -0.3 is 23.9 Å². The smallest absolute Gasteiger partial charge is 0.300 e. The van der Waals surface area contributed by atoms with Crippen LogP contribution in [0.3, 0.4) is 0 Å². The number of ketones is 1. The Hall–Kier alpha value is -4.86. The molecule has 0 saturated carbocycles. The summed E-state index contributed by atoms with van der Waals surface area (Å²) in [7, 11) is 4.57. The van der Waals surface area contributed by atoms with E-state index < -0.39 is 4.92 Å². The van der Waals surface area contributed by atoms with Gasteiger partial charge in [0.25, 0.3) is 11.7 Å². The molecule has 0 spiro atoms. The monoisotopic (exact) mass is 475 g/mol. The highest BCUT2D eigenvalue weighted by Gasteiger charge is 2.13. The van der Waals surface area contributed by atoms with E-state index in [0.717, 1.165) is 0 Å². The number of nitrogens with one attached hydrogen (secondary N) is 1. The van der Waals surface area contributed by atoms with E-state index in [-0.39, 0.29) is 17.5 Å². The summed E-state index contributed by atoms with van der Waals surface area (Å²) in [4.78, 5) is 27.3. The van der Waals surface area contributed by atoms with E-state index in [4.69, 9.17) is 18.6 Å². The molecule has 0 fully saturated rings. The second kappa shape index (κ2) is 9.96. The van der Waals surface area contributed by atoms with Crippen molar-refractivity contribution in [2.24, 2.45) is 0 Å². The number of benzene rings is 3. The molecule has 3 aromatic carbocycles. The molecule has 0 aliphatic heterocycles. The van der Waals surface area contributed by atoms with Crippen LogP contribution in [-0.4, -0.2) is 37.0 Å². The molecule has 1 N–H and O–H groups in total. The average molecular weight is 475 g/mol. The van der Waals surface area contributed by atoms with E-state index in [1.165, 1.54) is 45.6 Å². The number of anilines is 2.